The van der Waals surface area contributed by atoms with Gasteiger partial charge in [0.15, 0.2) is 0 Å². The van der Waals surface area contributed by atoms with Gasteiger partial charge in [-0.3, -0.25) is 19.6 Å². The Labute approximate surface area is 174 Å². The van der Waals surface area contributed by atoms with E-state index in [2.05, 4.69) is 25.6 Å². The first-order valence-corrected chi connectivity index (χ1v) is 9.60. The standard InChI is InChI=1S/C21H24N6O3/c1-23-13-18-19(22)21(29)25-9-11-30-10-3-4-15-12-14(7-8-24-15)16-5-2-6-17(26-16)20(28)27-18/h2,5-8,12-13H,3-4,9-11,22H2,1H3,(H,25,29)(H,27,28). The van der Waals surface area contributed by atoms with Gasteiger partial charge in [0, 0.05) is 43.9 Å². The summed E-state index contributed by atoms with van der Waals surface area (Å²) in [6.45, 7) is 1.19. The molecule has 0 saturated heterocycles. The zero-order valence-corrected chi connectivity index (χ0v) is 16.7. The second-order valence-electron chi connectivity index (χ2n) is 6.58. The highest BCUT2D eigenvalue weighted by Gasteiger charge is 2.16. The van der Waals surface area contributed by atoms with Gasteiger partial charge in [-0.15, -0.1) is 0 Å². The molecule has 0 saturated carbocycles. The average Bonchev–Trinajstić information content (AvgIpc) is 2.77. The van der Waals surface area contributed by atoms with Crippen molar-refractivity contribution in [1.82, 2.24) is 20.6 Å². The maximum absolute atomic E-state index is 12.7. The van der Waals surface area contributed by atoms with E-state index < -0.39 is 11.8 Å². The van der Waals surface area contributed by atoms with Gasteiger partial charge < -0.3 is 21.1 Å². The average molecular weight is 408 g/mol. The number of aryl methyl sites for hydroxylation is 1. The molecule has 1 aliphatic heterocycles. The molecule has 2 aromatic rings. The van der Waals surface area contributed by atoms with Crippen LogP contribution in [0.2, 0.25) is 0 Å². The number of nitrogens with two attached hydrogens (primary N) is 1. The molecule has 4 bridgehead atoms. The van der Waals surface area contributed by atoms with Crippen LogP contribution in [0.3, 0.4) is 0 Å². The van der Waals surface area contributed by atoms with Gasteiger partial charge >= 0.3 is 0 Å². The first kappa shape index (κ1) is 21.1. The number of allylic oxidation sites excluding steroid dienone is 1. The summed E-state index contributed by atoms with van der Waals surface area (Å²) in [6, 6.07) is 8.97. The predicted molar refractivity (Wildman–Crippen MR) is 113 cm³/mol. The van der Waals surface area contributed by atoms with Crippen LogP contribution in [0.1, 0.15) is 22.6 Å². The van der Waals surface area contributed by atoms with E-state index in [0.29, 0.717) is 25.5 Å². The molecule has 2 amide bonds. The molecule has 0 unspecified atom stereocenters. The quantitative estimate of drug-likeness (QED) is 0.599. The van der Waals surface area contributed by atoms with Crippen LogP contribution in [-0.2, 0) is 16.0 Å². The minimum absolute atomic E-state index is 0.0976. The Balaban J connectivity index is 1.96. The Morgan fingerprint density at radius 3 is 2.83 bits per heavy atom. The lowest BCUT2D eigenvalue weighted by atomic mass is 10.1. The van der Waals surface area contributed by atoms with Crippen molar-refractivity contribution in [1.29, 1.82) is 0 Å². The number of rotatable bonds is 1. The van der Waals surface area contributed by atoms with Crippen molar-refractivity contribution in [2.75, 3.05) is 26.8 Å². The first-order valence-electron chi connectivity index (χ1n) is 9.60. The fourth-order valence-corrected chi connectivity index (χ4v) is 2.89. The highest BCUT2D eigenvalue weighted by Crippen LogP contribution is 2.18. The van der Waals surface area contributed by atoms with Crippen LogP contribution in [0.25, 0.3) is 11.3 Å². The molecule has 3 heterocycles. The Hall–Kier alpha value is -3.59. The van der Waals surface area contributed by atoms with E-state index in [1.807, 2.05) is 18.2 Å². The number of fused-ring (bicyclic) bond motifs is 5. The van der Waals surface area contributed by atoms with Gasteiger partial charge in [-0.1, -0.05) is 6.07 Å². The molecule has 156 valence electrons. The minimum Gasteiger partial charge on any atom is -0.393 e. The predicted octanol–water partition coefficient (Wildman–Crippen LogP) is 0.823. The van der Waals surface area contributed by atoms with Gasteiger partial charge in [0.05, 0.1) is 18.0 Å². The Bertz CT molecular complexity index is 986. The number of aliphatic imine (C=N–C) groups is 1. The van der Waals surface area contributed by atoms with Crippen molar-refractivity contribution in [3.8, 4) is 11.3 Å². The summed E-state index contributed by atoms with van der Waals surface area (Å²) in [5.74, 6) is -1.02. The molecule has 0 atom stereocenters. The second-order valence-corrected chi connectivity index (χ2v) is 6.58. The number of hydrogen-bond donors (Lipinski definition) is 3. The van der Waals surface area contributed by atoms with E-state index in [1.54, 1.807) is 18.3 Å². The molecule has 2 aromatic heterocycles. The molecule has 1 aliphatic rings. The van der Waals surface area contributed by atoms with Crippen LogP contribution in [-0.4, -0.2) is 54.8 Å². The van der Waals surface area contributed by atoms with Crippen molar-refractivity contribution in [2.24, 2.45) is 10.7 Å². The molecule has 30 heavy (non-hydrogen) atoms. The van der Waals surface area contributed by atoms with E-state index >= 15 is 0 Å². The number of hydrogen-bond acceptors (Lipinski definition) is 7. The molecule has 0 fully saturated rings. The molecule has 0 aliphatic carbocycles. The van der Waals surface area contributed by atoms with Crippen molar-refractivity contribution >= 4 is 18.0 Å². The number of nitrogens with one attached hydrogen (secondary N) is 2. The summed E-state index contributed by atoms with van der Waals surface area (Å²) in [5.41, 5.74) is 8.50. The molecule has 3 rings (SSSR count). The summed E-state index contributed by atoms with van der Waals surface area (Å²) in [7, 11) is 1.52. The topological polar surface area (TPSA) is 132 Å². The highest BCUT2D eigenvalue weighted by atomic mass is 16.5. The van der Waals surface area contributed by atoms with Crippen LogP contribution >= 0.6 is 0 Å². The molecular weight excluding hydrogens is 384 g/mol. The summed E-state index contributed by atoms with van der Waals surface area (Å²) in [6.07, 6.45) is 4.59. The minimum atomic E-state index is -0.518. The van der Waals surface area contributed by atoms with E-state index in [1.165, 1.54) is 13.3 Å². The maximum Gasteiger partial charge on any atom is 0.274 e. The SMILES string of the molecule is CN=CC1=C(N)C(=O)NCCOCCCc2cc(ccn2)-c2cccc(n2)C(=O)N1. The summed E-state index contributed by atoms with van der Waals surface area (Å²) in [4.78, 5) is 37.8. The summed E-state index contributed by atoms with van der Waals surface area (Å²) in [5, 5.41) is 5.28. The first-order chi connectivity index (χ1) is 14.6. The number of amides is 2. The number of nitrogens with zero attached hydrogens (tertiary/aromatic N) is 3. The fourth-order valence-electron chi connectivity index (χ4n) is 2.89. The molecule has 4 N–H and O–H groups in total. The van der Waals surface area contributed by atoms with Crippen molar-refractivity contribution in [3.05, 3.63) is 59.3 Å². The van der Waals surface area contributed by atoms with E-state index in [9.17, 15) is 9.59 Å². The van der Waals surface area contributed by atoms with Crippen molar-refractivity contribution in [3.63, 3.8) is 0 Å². The number of ether oxygens (including phenoxy) is 1. The Morgan fingerprint density at radius 1 is 1.17 bits per heavy atom. The van der Waals surface area contributed by atoms with Crippen molar-refractivity contribution in [2.45, 2.75) is 12.8 Å². The van der Waals surface area contributed by atoms with Gasteiger partial charge in [0.2, 0.25) is 0 Å². The molecule has 0 spiro atoms. The van der Waals surface area contributed by atoms with Gasteiger partial charge in [-0.2, -0.15) is 0 Å². The third-order valence-corrected chi connectivity index (χ3v) is 4.39. The number of aromatic nitrogens is 2. The second kappa shape index (κ2) is 10.3. The van der Waals surface area contributed by atoms with Crippen molar-refractivity contribution < 1.29 is 14.3 Å². The smallest absolute Gasteiger partial charge is 0.274 e. The zero-order chi connectivity index (χ0) is 21.3. The van der Waals surface area contributed by atoms with E-state index in [-0.39, 0.29) is 17.1 Å². The van der Waals surface area contributed by atoms with Crippen LogP contribution in [0, 0.1) is 0 Å². The van der Waals surface area contributed by atoms with Crippen LogP contribution in [0.15, 0.2) is 52.9 Å². The fraction of sp³-hybridized carbons (Fsp3) is 0.286. The molecule has 0 aromatic carbocycles. The Morgan fingerprint density at radius 2 is 2.00 bits per heavy atom. The summed E-state index contributed by atoms with van der Waals surface area (Å²) >= 11 is 0. The zero-order valence-electron chi connectivity index (χ0n) is 16.7. The molecule has 9 heteroatoms. The third-order valence-electron chi connectivity index (χ3n) is 4.39. The molecular formula is C21H24N6O3. The van der Waals surface area contributed by atoms with Gasteiger partial charge in [0.25, 0.3) is 11.8 Å². The number of carbonyl (C=O) groups is 2. The molecule has 9 nitrogen and oxygen atoms in total. The Kier molecular flexibility index (Phi) is 7.23. The monoisotopic (exact) mass is 408 g/mol. The highest BCUT2D eigenvalue weighted by molar-refractivity contribution is 6.03. The van der Waals surface area contributed by atoms with Gasteiger partial charge in [-0.05, 0) is 37.1 Å². The largest absolute Gasteiger partial charge is 0.393 e. The molecule has 0 radical (unpaired) electrons. The van der Waals surface area contributed by atoms with E-state index in [4.69, 9.17) is 10.5 Å². The van der Waals surface area contributed by atoms with Gasteiger partial charge in [0.1, 0.15) is 11.4 Å². The third kappa shape index (κ3) is 5.48. The lowest BCUT2D eigenvalue weighted by molar-refractivity contribution is -0.117. The lowest BCUT2D eigenvalue weighted by Gasteiger charge is -2.12. The number of pyridine rings is 2. The lowest BCUT2D eigenvalue weighted by Crippen LogP contribution is -2.36. The van der Waals surface area contributed by atoms with Gasteiger partial charge in [-0.25, -0.2) is 4.98 Å². The summed E-state index contributed by atoms with van der Waals surface area (Å²) < 4.78 is 5.55. The maximum atomic E-state index is 12.7. The van der Waals surface area contributed by atoms with E-state index in [0.717, 1.165) is 24.1 Å². The van der Waals surface area contributed by atoms with Crippen LogP contribution in [0.5, 0.6) is 0 Å². The van der Waals surface area contributed by atoms with Crippen LogP contribution in [0.4, 0.5) is 0 Å². The van der Waals surface area contributed by atoms with Crippen LogP contribution < -0.4 is 16.4 Å². The normalized spacial score (nSPS) is 16.6. The number of carbonyl (C=O) groups excluding carboxylic acids is 2.